The summed E-state index contributed by atoms with van der Waals surface area (Å²) in [7, 11) is 2.98. The van der Waals surface area contributed by atoms with Gasteiger partial charge in [-0.3, -0.25) is 4.79 Å². The van der Waals surface area contributed by atoms with E-state index in [2.05, 4.69) is 10.1 Å². The lowest BCUT2D eigenvalue weighted by atomic mass is 10.2. The maximum absolute atomic E-state index is 11.6. The molecule has 2 aromatic heterocycles. The fourth-order valence-electron chi connectivity index (χ4n) is 2.75. The van der Waals surface area contributed by atoms with Crippen molar-refractivity contribution in [3.05, 3.63) is 48.5 Å². The number of esters is 1. The van der Waals surface area contributed by atoms with Gasteiger partial charge in [-0.25, -0.2) is 9.97 Å². The van der Waals surface area contributed by atoms with Crippen molar-refractivity contribution in [2.45, 2.75) is 5.16 Å². The average molecular weight is 380 g/mol. The quantitative estimate of drug-likeness (QED) is 0.299. The molecule has 0 bridgehead atoms. The topological polar surface area (TPSA) is 78.6 Å². The molecule has 0 aliphatic carbocycles. The molecule has 136 valence electrons. The molecule has 0 saturated heterocycles. The van der Waals surface area contributed by atoms with Crippen molar-refractivity contribution in [3.63, 3.8) is 0 Å². The maximum Gasteiger partial charge on any atom is 0.316 e. The number of ether oxygens (including phenoxy) is 2. The number of nitrogens with zero attached hydrogens (tertiary/aromatic N) is 4. The molecular formula is C19H16N4O3S. The van der Waals surface area contributed by atoms with Crippen LogP contribution < -0.4 is 4.74 Å². The van der Waals surface area contributed by atoms with Crippen LogP contribution in [0, 0.1) is 0 Å². The summed E-state index contributed by atoms with van der Waals surface area (Å²) >= 11 is 1.26. The van der Waals surface area contributed by atoms with Crippen LogP contribution in [0.25, 0.3) is 27.9 Å². The third-order valence-electron chi connectivity index (χ3n) is 4.04. The number of methoxy groups -OCH3 is 2. The van der Waals surface area contributed by atoms with Crippen molar-refractivity contribution in [1.82, 2.24) is 19.6 Å². The maximum atomic E-state index is 11.6. The number of carbonyl (C=O) groups excluding carboxylic acids is 1. The molecule has 4 aromatic rings. The molecule has 27 heavy (non-hydrogen) atoms. The largest absolute Gasteiger partial charge is 0.496 e. The molecular weight excluding hydrogens is 364 g/mol. The number of para-hydroxylation sites is 2. The normalized spacial score (nSPS) is 11.0. The lowest BCUT2D eigenvalue weighted by Gasteiger charge is -2.05. The summed E-state index contributed by atoms with van der Waals surface area (Å²) in [5, 5.41) is 6.09. The van der Waals surface area contributed by atoms with Crippen molar-refractivity contribution in [1.29, 1.82) is 0 Å². The van der Waals surface area contributed by atoms with Crippen molar-refractivity contribution < 1.29 is 14.3 Å². The van der Waals surface area contributed by atoms with Gasteiger partial charge in [0.05, 0.1) is 31.1 Å². The summed E-state index contributed by atoms with van der Waals surface area (Å²) in [4.78, 5) is 20.9. The van der Waals surface area contributed by atoms with Gasteiger partial charge in [0.2, 0.25) is 0 Å². The Balaban J connectivity index is 1.92. The standard InChI is InChI=1S/C19H16N4O3S/c1-25-15-10-6-4-8-13(15)17-21-18-12-7-3-5-9-14(12)20-19(23(18)22-17)27-11-16(24)26-2/h3-10H,11H2,1-2H3. The summed E-state index contributed by atoms with van der Waals surface area (Å²) in [5.41, 5.74) is 2.25. The summed E-state index contributed by atoms with van der Waals surface area (Å²) in [5.74, 6) is 1.04. The summed E-state index contributed by atoms with van der Waals surface area (Å²) < 4.78 is 11.8. The molecule has 4 rings (SSSR count). The van der Waals surface area contributed by atoms with Gasteiger partial charge < -0.3 is 9.47 Å². The van der Waals surface area contributed by atoms with E-state index in [9.17, 15) is 4.79 Å². The van der Waals surface area contributed by atoms with Crippen LogP contribution in [0.4, 0.5) is 0 Å². The molecule has 0 N–H and O–H groups in total. The minimum atomic E-state index is -0.326. The van der Waals surface area contributed by atoms with Gasteiger partial charge in [-0.2, -0.15) is 4.52 Å². The number of aromatic nitrogens is 4. The van der Waals surface area contributed by atoms with Crippen LogP contribution in [0.3, 0.4) is 0 Å². The summed E-state index contributed by atoms with van der Waals surface area (Å²) in [6, 6.07) is 15.3. The van der Waals surface area contributed by atoms with E-state index in [1.165, 1.54) is 18.9 Å². The van der Waals surface area contributed by atoms with E-state index >= 15 is 0 Å². The van der Waals surface area contributed by atoms with Crippen molar-refractivity contribution in [2.24, 2.45) is 0 Å². The molecule has 0 fully saturated rings. The lowest BCUT2D eigenvalue weighted by molar-refractivity contribution is -0.137. The molecule has 7 nitrogen and oxygen atoms in total. The van der Waals surface area contributed by atoms with Crippen LogP contribution in [0.1, 0.15) is 0 Å². The molecule has 0 unspecified atom stereocenters. The summed E-state index contributed by atoms with van der Waals surface area (Å²) in [6.45, 7) is 0. The molecule has 2 aromatic carbocycles. The van der Waals surface area contributed by atoms with Crippen LogP contribution in [-0.2, 0) is 9.53 Å². The fraction of sp³-hybridized carbons (Fsp3) is 0.158. The molecule has 2 heterocycles. The Kier molecular flexibility index (Phi) is 4.64. The minimum absolute atomic E-state index is 0.140. The highest BCUT2D eigenvalue weighted by Crippen LogP contribution is 2.30. The van der Waals surface area contributed by atoms with Gasteiger partial charge in [-0.1, -0.05) is 36.0 Å². The van der Waals surface area contributed by atoms with Crippen LogP contribution >= 0.6 is 11.8 Å². The Morgan fingerprint density at radius 3 is 2.67 bits per heavy atom. The third kappa shape index (κ3) is 3.19. The van der Waals surface area contributed by atoms with Gasteiger partial charge in [0, 0.05) is 5.39 Å². The minimum Gasteiger partial charge on any atom is -0.496 e. The van der Waals surface area contributed by atoms with E-state index in [-0.39, 0.29) is 11.7 Å². The number of hydrogen-bond acceptors (Lipinski definition) is 7. The highest BCUT2D eigenvalue weighted by atomic mass is 32.2. The van der Waals surface area contributed by atoms with Crippen molar-refractivity contribution >= 4 is 34.3 Å². The molecule has 0 atom stereocenters. The number of hydrogen-bond donors (Lipinski definition) is 0. The van der Waals surface area contributed by atoms with Gasteiger partial charge in [-0.15, -0.1) is 5.10 Å². The number of benzene rings is 2. The Bertz CT molecular complexity index is 1140. The first-order chi connectivity index (χ1) is 13.2. The van der Waals surface area contributed by atoms with Gasteiger partial charge >= 0.3 is 5.97 Å². The zero-order valence-corrected chi connectivity index (χ0v) is 15.6. The van der Waals surface area contributed by atoms with E-state index in [1.54, 1.807) is 11.6 Å². The zero-order chi connectivity index (χ0) is 18.8. The van der Waals surface area contributed by atoms with Crippen LogP contribution in [-0.4, -0.2) is 45.5 Å². The molecule has 0 radical (unpaired) electrons. The van der Waals surface area contributed by atoms with Crippen LogP contribution in [0.5, 0.6) is 5.75 Å². The van der Waals surface area contributed by atoms with Gasteiger partial charge in [0.1, 0.15) is 5.75 Å². The van der Waals surface area contributed by atoms with E-state index < -0.39 is 0 Å². The fourth-order valence-corrected chi connectivity index (χ4v) is 3.53. The number of thioether (sulfide) groups is 1. The predicted octanol–water partition coefficient (Wildman–Crippen LogP) is 3.22. The monoisotopic (exact) mass is 380 g/mol. The third-order valence-corrected chi connectivity index (χ3v) is 4.95. The predicted molar refractivity (Wildman–Crippen MR) is 103 cm³/mol. The Morgan fingerprint density at radius 2 is 1.85 bits per heavy atom. The lowest BCUT2D eigenvalue weighted by Crippen LogP contribution is -2.06. The Hall–Kier alpha value is -3.13. The van der Waals surface area contributed by atoms with Crippen LogP contribution in [0.15, 0.2) is 53.7 Å². The average Bonchev–Trinajstić information content (AvgIpc) is 3.17. The second-order valence-corrected chi connectivity index (χ2v) is 6.59. The Labute approximate surface area is 159 Å². The van der Waals surface area contributed by atoms with Gasteiger partial charge in [0.15, 0.2) is 16.6 Å². The number of rotatable bonds is 5. The van der Waals surface area contributed by atoms with Crippen molar-refractivity contribution in [2.75, 3.05) is 20.0 Å². The molecule has 8 heteroatoms. The van der Waals surface area contributed by atoms with E-state index in [0.717, 1.165) is 16.5 Å². The van der Waals surface area contributed by atoms with E-state index in [4.69, 9.17) is 14.5 Å². The highest BCUT2D eigenvalue weighted by molar-refractivity contribution is 7.99. The number of fused-ring (bicyclic) bond motifs is 3. The van der Waals surface area contributed by atoms with E-state index in [0.29, 0.717) is 22.4 Å². The first kappa shape index (κ1) is 17.3. The Morgan fingerprint density at radius 1 is 1.07 bits per heavy atom. The molecule has 0 aliphatic rings. The first-order valence-electron chi connectivity index (χ1n) is 8.20. The van der Waals surface area contributed by atoms with E-state index in [1.807, 2.05) is 48.5 Å². The highest BCUT2D eigenvalue weighted by Gasteiger charge is 2.17. The van der Waals surface area contributed by atoms with Gasteiger partial charge in [-0.05, 0) is 24.3 Å². The van der Waals surface area contributed by atoms with Crippen molar-refractivity contribution in [3.8, 4) is 17.1 Å². The second kappa shape index (κ2) is 7.24. The molecule has 0 saturated carbocycles. The second-order valence-electron chi connectivity index (χ2n) is 5.65. The SMILES string of the molecule is COC(=O)CSc1nc2ccccc2c2nc(-c3ccccc3OC)nn12. The molecule has 0 aliphatic heterocycles. The zero-order valence-electron chi connectivity index (χ0n) is 14.7. The number of carbonyl (C=O) groups is 1. The summed E-state index contributed by atoms with van der Waals surface area (Å²) in [6.07, 6.45) is 0. The first-order valence-corrected chi connectivity index (χ1v) is 9.18. The smallest absolute Gasteiger partial charge is 0.316 e. The van der Waals surface area contributed by atoms with Gasteiger partial charge in [0.25, 0.3) is 0 Å². The van der Waals surface area contributed by atoms with Crippen LogP contribution in [0.2, 0.25) is 0 Å². The molecule has 0 spiro atoms. The molecule has 0 amide bonds.